The molecule has 0 spiro atoms. The molecule has 1 aliphatic carbocycles. The van der Waals surface area contributed by atoms with Crippen LogP contribution in [0.1, 0.15) is 57.4 Å². The van der Waals surface area contributed by atoms with Gasteiger partial charge < -0.3 is 15.2 Å². The second-order valence-corrected chi connectivity index (χ2v) is 9.26. The number of aliphatic carboxylic acids is 1. The second-order valence-electron chi connectivity index (χ2n) is 9.26. The van der Waals surface area contributed by atoms with Gasteiger partial charge in [0.15, 0.2) is 6.10 Å². The molecule has 0 radical (unpaired) electrons. The fourth-order valence-corrected chi connectivity index (χ4v) is 3.86. The maximum absolute atomic E-state index is 12.5. The summed E-state index contributed by atoms with van der Waals surface area (Å²) >= 11 is 0. The van der Waals surface area contributed by atoms with E-state index in [1.165, 1.54) is 19.3 Å². The summed E-state index contributed by atoms with van der Waals surface area (Å²) in [7, 11) is 1.78. The van der Waals surface area contributed by atoms with E-state index in [9.17, 15) is 14.7 Å². The number of unbranched alkanes of at least 4 members (excludes halogenated alkanes) is 4. The molecule has 1 saturated carbocycles. The molecule has 34 heavy (non-hydrogen) atoms. The quantitative estimate of drug-likeness (QED) is 0.340. The fourth-order valence-electron chi connectivity index (χ4n) is 3.86. The van der Waals surface area contributed by atoms with Gasteiger partial charge in [-0.2, -0.15) is 0 Å². The van der Waals surface area contributed by atoms with Gasteiger partial charge in [0, 0.05) is 25.7 Å². The highest BCUT2D eigenvalue weighted by Gasteiger charge is 2.26. The topological polar surface area (TPSA) is 78.9 Å². The molecule has 3 rings (SSSR count). The minimum absolute atomic E-state index is 0.103. The third-order valence-electron chi connectivity index (χ3n) is 6.31. The van der Waals surface area contributed by atoms with E-state index >= 15 is 0 Å². The summed E-state index contributed by atoms with van der Waals surface area (Å²) in [6, 6.07) is 15.7. The maximum Gasteiger partial charge on any atom is 0.333 e. The van der Waals surface area contributed by atoms with E-state index in [-0.39, 0.29) is 6.03 Å². The van der Waals surface area contributed by atoms with Crippen LogP contribution < -0.4 is 10.2 Å². The lowest BCUT2D eigenvalue weighted by molar-refractivity contribution is -0.150. The standard InChI is InChI=1S/C28H38N2O4/c1-3-4-5-6-7-17-29-28(33)30(2)25-10-8-9-24(19-25)23-15-13-21(14-16-23)18-26(27(31)32)34-20-22-11-12-22/h8-10,13-16,19,22,26H,3-7,11-12,17-18,20H2,1-2H3,(H,29,33)(H,31,32). The lowest BCUT2D eigenvalue weighted by Crippen LogP contribution is -2.37. The van der Waals surface area contributed by atoms with Gasteiger partial charge in [-0.3, -0.25) is 4.90 Å². The summed E-state index contributed by atoms with van der Waals surface area (Å²) in [5, 5.41) is 12.5. The Hall–Kier alpha value is -2.86. The van der Waals surface area contributed by atoms with Gasteiger partial charge in [-0.1, -0.05) is 69.0 Å². The summed E-state index contributed by atoms with van der Waals surface area (Å²) in [5.41, 5.74) is 3.77. The molecule has 0 heterocycles. The molecule has 2 aromatic rings. The average molecular weight is 467 g/mol. The van der Waals surface area contributed by atoms with Gasteiger partial charge in [0.25, 0.3) is 0 Å². The minimum Gasteiger partial charge on any atom is -0.479 e. The molecule has 6 heteroatoms. The van der Waals surface area contributed by atoms with E-state index in [2.05, 4.69) is 12.2 Å². The minimum atomic E-state index is -0.917. The van der Waals surface area contributed by atoms with Gasteiger partial charge in [0.05, 0.1) is 6.61 Å². The summed E-state index contributed by atoms with van der Waals surface area (Å²) < 4.78 is 5.62. The van der Waals surface area contributed by atoms with Crippen molar-refractivity contribution in [3.63, 3.8) is 0 Å². The summed E-state index contributed by atoms with van der Waals surface area (Å²) in [5.74, 6) is -0.387. The first kappa shape index (κ1) is 25.8. The summed E-state index contributed by atoms with van der Waals surface area (Å²) in [6.07, 6.45) is 7.63. The Morgan fingerprint density at radius 1 is 1.06 bits per heavy atom. The molecule has 6 nitrogen and oxygen atoms in total. The number of carbonyl (C=O) groups is 2. The molecule has 2 N–H and O–H groups in total. The lowest BCUT2D eigenvalue weighted by atomic mass is 10.0. The number of urea groups is 1. The number of carbonyl (C=O) groups excluding carboxylic acids is 1. The SMILES string of the molecule is CCCCCCCNC(=O)N(C)c1cccc(-c2ccc(CC(OCC3CC3)C(=O)O)cc2)c1. The average Bonchev–Trinajstić information content (AvgIpc) is 3.68. The Kier molecular flexibility index (Phi) is 9.95. The Morgan fingerprint density at radius 3 is 2.47 bits per heavy atom. The fraction of sp³-hybridized carbons (Fsp3) is 0.500. The van der Waals surface area contributed by atoms with E-state index in [4.69, 9.17) is 4.74 Å². The molecular formula is C28H38N2O4. The number of anilines is 1. The van der Waals surface area contributed by atoms with Crippen molar-refractivity contribution < 1.29 is 19.4 Å². The van der Waals surface area contributed by atoms with Crippen LogP contribution in [0.15, 0.2) is 48.5 Å². The van der Waals surface area contributed by atoms with Crippen molar-refractivity contribution in [3.05, 3.63) is 54.1 Å². The maximum atomic E-state index is 12.5. The van der Waals surface area contributed by atoms with Crippen molar-refractivity contribution in [1.29, 1.82) is 0 Å². The number of benzene rings is 2. The number of hydrogen-bond acceptors (Lipinski definition) is 3. The number of hydrogen-bond donors (Lipinski definition) is 2. The molecule has 0 aliphatic heterocycles. The van der Waals surface area contributed by atoms with Crippen LogP contribution in [0.5, 0.6) is 0 Å². The Bertz CT molecular complexity index is 924. The molecule has 1 unspecified atom stereocenters. The van der Waals surface area contributed by atoms with Crippen LogP contribution in [-0.4, -0.2) is 43.4 Å². The molecule has 2 amide bonds. The third-order valence-corrected chi connectivity index (χ3v) is 6.31. The molecule has 0 bridgehead atoms. The molecule has 0 saturated heterocycles. The van der Waals surface area contributed by atoms with Crippen LogP contribution in [0.4, 0.5) is 10.5 Å². The smallest absolute Gasteiger partial charge is 0.333 e. The molecule has 184 valence electrons. The lowest BCUT2D eigenvalue weighted by Gasteiger charge is -2.19. The third kappa shape index (κ3) is 8.17. The molecule has 1 atom stereocenters. The van der Waals surface area contributed by atoms with Crippen LogP contribution in [0.3, 0.4) is 0 Å². The van der Waals surface area contributed by atoms with Gasteiger partial charge in [0.1, 0.15) is 0 Å². The predicted octanol–water partition coefficient (Wildman–Crippen LogP) is 5.89. The van der Waals surface area contributed by atoms with E-state index in [1.807, 2.05) is 48.5 Å². The number of nitrogens with one attached hydrogen (secondary N) is 1. The largest absolute Gasteiger partial charge is 0.479 e. The van der Waals surface area contributed by atoms with Crippen LogP contribution in [-0.2, 0) is 16.0 Å². The van der Waals surface area contributed by atoms with Crippen molar-refractivity contribution in [3.8, 4) is 11.1 Å². The van der Waals surface area contributed by atoms with Gasteiger partial charge in [-0.05, 0) is 54.0 Å². The van der Waals surface area contributed by atoms with E-state index in [0.29, 0.717) is 25.5 Å². The summed E-state index contributed by atoms with van der Waals surface area (Å²) in [4.78, 5) is 25.7. The van der Waals surface area contributed by atoms with Gasteiger partial charge in [-0.25, -0.2) is 9.59 Å². The van der Waals surface area contributed by atoms with Crippen LogP contribution in [0, 0.1) is 5.92 Å². The van der Waals surface area contributed by atoms with Crippen molar-refractivity contribution in [2.75, 3.05) is 25.1 Å². The first-order valence-corrected chi connectivity index (χ1v) is 12.5. The summed E-state index contributed by atoms with van der Waals surface area (Å²) in [6.45, 7) is 3.41. The molecule has 2 aromatic carbocycles. The highest BCUT2D eigenvalue weighted by molar-refractivity contribution is 5.92. The van der Waals surface area contributed by atoms with Gasteiger partial charge >= 0.3 is 12.0 Å². The number of nitrogens with zero attached hydrogens (tertiary/aromatic N) is 1. The zero-order valence-corrected chi connectivity index (χ0v) is 20.5. The van der Waals surface area contributed by atoms with Crippen LogP contribution >= 0.6 is 0 Å². The van der Waals surface area contributed by atoms with Crippen LogP contribution in [0.2, 0.25) is 0 Å². The van der Waals surface area contributed by atoms with Crippen molar-refractivity contribution in [1.82, 2.24) is 5.32 Å². The number of carboxylic acid groups (broad SMARTS) is 1. The van der Waals surface area contributed by atoms with Crippen LogP contribution in [0.25, 0.3) is 11.1 Å². The number of ether oxygens (including phenoxy) is 1. The van der Waals surface area contributed by atoms with Crippen molar-refractivity contribution in [2.24, 2.45) is 5.92 Å². The molecular weight excluding hydrogens is 428 g/mol. The molecule has 1 fully saturated rings. The zero-order valence-electron chi connectivity index (χ0n) is 20.5. The van der Waals surface area contributed by atoms with Crippen molar-refractivity contribution in [2.45, 2.75) is 64.4 Å². The van der Waals surface area contributed by atoms with Gasteiger partial charge in [-0.15, -0.1) is 0 Å². The number of rotatable bonds is 14. The number of carboxylic acids is 1. The van der Waals surface area contributed by atoms with Gasteiger partial charge in [0.2, 0.25) is 0 Å². The second kappa shape index (κ2) is 13.1. The number of amides is 2. The Labute approximate surface area is 203 Å². The Morgan fingerprint density at radius 2 is 1.79 bits per heavy atom. The van der Waals surface area contributed by atoms with E-state index in [1.54, 1.807) is 11.9 Å². The molecule has 1 aliphatic rings. The normalized spacial score (nSPS) is 13.9. The first-order valence-electron chi connectivity index (χ1n) is 12.5. The highest BCUT2D eigenvalue weighted by Crippen LogP contribution is 2.30. The van der Waals surface area contributed by atoms with Crippen molar-refractivity contribution >= 4 is 17.7 Å². The van der Waals surface area contributed by atoms with E-state index < -0.39 is 12.1 Å². The van der Waals surface area contributed by atoms with E-state index in [0.717, 1.165) is 48.1 Å². The molecule has 0 aromatic heterocycles. The monoisotopic (exact) mass is 466 g/mol. The zero-order chi connectivity index (χ0) is 24.3. The highest BCUT2D eigenvalue weighted by atomic mass is 16.5. The first-order chi connectivity index (χ1) is 16.5. The Balaban J connectivity index is 1.55. The predicted molar refractivity (Wildman–Crippen MR) is 136 cm³/mol.